The van der Waals surface area contributed by atoms with Gasteiger partial charge in [0, 0.05) is 22.2 Å². The number of hydrogen-bond donors (Lipinski definition) is 0. The van der Waals surface area contributed by atoms with E-state index in [-0.39, 0.29) is 5.78 Å². The van der Waals surface area contributed by atoms with Crippen molar-refractivity contribution in [3.8, 4) is 0 Å². The molecule has 1 aromatic carbocycles. The fourth-order valence-corrected chi connectivity index (χ4v) is 1.84. The van der Waals surface area contributed by atoms with E-state index >= 15 is 0 Å². The molecule has 0 unspecified atom stereocenters. The highest BCUT2D eigenvalue weighted by Crippen LogP contribution is 2.24. The monoisotopic (exact) mass is 219 g/mol. The van der Waals surface area contributed by atoms with Crippen LogP contribution in [0, 0.1) is 6.92 Å². The van der Waals surface area contributed by atoms with Gasteiger partial charge < -0.3 is 0 Å². The Kier molecular flexibility index (Phi) is 2.45. The zero-order valence-electron chi connectivity index (χ0n) is 8.54. The van der Waals surface area contributed by atoms with E-state index in [2.05, 4.69) is 4.98 Å². The van der Waals surface area contributed by atoms with E-state index in [0.717, 1.165) is 16.5 Å². The summed E-state index contributed by atoms with van der Waals surface area (Å²) < 4.78 is 0. The third kappa shape index (κ3) is 1.73. The van der Waals surface area contributed by atoms with Crippen molar-refractivity contribution in [1.29, 1.82) is 0 Å². The van der Waals surface area contributed by atoms with Crippen LogP contribution >= 0.6 is 11.6 Å². The molecule has 1 heterocycles. The minimum absolute atomic E-state index is 0.0133. The van der Waals surface area contributed by atoms with Crippen molar-refractivity contribution in [2.45, 2.75) is 13.8 Å². The van der Waals surface area contributed by atoms with E-state index in [9.17, 15) is 4.79 Å². The van der Waals surface area contributed by atoms with Crippen molar-refractivity contribution >= 4 is 28.3 Å². The summed E-state index contributed by atoms with van der Waals surface area (Å²) in [6, 6.07) is 5.41. The second-order valence-electron chi connectivity index (χ2n) is 3.53. The molecular formula is C12H10ClNO. The van der Waals surface area contributed by atoms with Gasteiger partial charge >= 0.3 is 0 Å². The number of ketones is 1. The maximum atomic E-state index is 11.4. The Morgan fingerprint density at radius 1 is 1.40 bits per heavy atom. The lowest BCUT2D eigenvalue weighted by molar-refractivity contribution is 0.101. The van der Waals surface area contributed by atoms with Crippen LogP contribution in [0.3, 0.4) is 0 Å². The largest absolute Gasteiger partial charge is 0.294 e. The van der Waals surface area contributed by atoms with Gasteiger partial charge in [0.15, 0.2) is 5.78 Å². The lowest BCUT2D eigenvalue weighted by Gasteiger charge is -2.05. The molecule has 0 aliphatic rings. The molecule has 1 aromatic heterocycles. The number of halogens is 1. The first-order valence-electron chi connectivity index (χ1n) is 4.65. The first kappa shape index (κ1) is 10.1. The van der Waals surface area contributed by atoms with Crippen LogP contribution in [-0.4, -0.2) is 10.8 Å². The summed E-state index contributed by atoms with van der Waals surface area (Å²) in [4.78, 5) is 15.6. The van der Waals surface area contributed by atoms with Crippen LogP contribution in [0.25, 0.3) is 10.9 Å². The van der Waals surface area contributed by atoms with Crippen molar-refractivity contribution in [1.82, 2.24) is 4.98 Å². The van der Waals surface area contributed by atoms with Crippen molar-refractivity contribution in [2.24, 2.45) is 0 Å². The normalized spacial score (nSPS) is 10.6. The highest BCUT2D eigenvalue weighted by atomic mass is 35.5. The van der Waals surface area contributed by atoms with Gasteiger partial charge in [-0.1, -0.05) is 11.6 Å². The summed E-state index contributed by atoms with van der Waals surface area (Å²) in [5.74, 6) is -0.0133. The van der Waals surface area contributed by atoms with Crippen LogP contribution in [0.4, 0.5) is 0 Å². The summed E-state index contributed by atoms with van der Waals surface area (Å²) in [6.45, 7) is 3.50. The predicted octanol–water partition coefficient (Wildman–Crippen LogP) is 3.40. The number of aryl methyl sites for hydroxylation is 1. The third-order valence-electron chi connectivity index (χ3n) is 2.41. The van der Waals surface area contributed by atoms with Gasteiger partial charge in [-0.3, -0.25) is 9.78 Å². The topological polar surface area (TPSA) is 30.0 Å². The van der Waals surface area contributed by atoms with Gasteiger partial charge in [0.25, 0.3) is 0 Å². The maximum absolute atomic E-state index is 11.4. The minimum Gasteiger partial charge on any atom is -0.294 e. The summed E-state index contributed by atoms with van der Waals surface area (Å²) in [5.41, 5.74) is 2.39. The van der Waals surface area contributed by atoms with Crippen LogP contribution in [0.15, 0.2) is 24.4 Å². The molecular weight excluding hydrogens is 210 g/mol. The average molecular weight is 220 g/mol. The van der Waals surface area contributed by atoms with Gasteiger partial charge in [-0.15, -0.1) is 0 Å². The van der Waals surface area contributed by atoms with Gasteiger partial charge in [-0.2, -0.15) is 0 Å². The molecule has 0 fully saturated rings. The second kappa shape index (κ2) is 3.63. The van der Waals surface area contributed by atoms with E-state index in [1.807, 2.05) is 19.1 Å². The van der Waals surface area contributed by atoms with E-state index in [4.69, 9.17) is 11.6 Å². The molecule has 0 radical (unpaired) electrons. The molecule has 0 atom stereocenters. The maximum Gasteiger partial charge on any atom is 0.162 e. The Bertz CT molecular complexity index is 549. The number of Topliss-reactive ketones (excluding diaryl/α,β-unsaturated/α-hetero) is 1. The second-order valence-corrected chi connectivity index (χ2v) is 3.97. The quantitative estimate of drug-likeness (QED) is 0.688. The number of hydrogen-bond acceptors (Lipinski definition) is 2. The summed E-state index contributed by atoms with van der Waals surface area (Å²) in [7, 11) is 0. The number of fused-ring (bicyclic) bond motifs is 1. The molecule has 15 heavy (non-hydrogen) atoms. The van der Waals surface area contributed by atoms with Gasteiger partial charge in [-0.05, 0) is 37.6 Å². The average Bonchev–Trinajstić information content (AvgIpc) is 2.18. The predicted molar refractivity (Wildman–Crippen MR) is 61.5 cm³/mol. The molecule has 3 heteroatoms. The zero-order valence-corrected chi connectivity index (χ0v) is 9.30. The highest BCUT2D eigenvalue weighted by Gasteiger charge is 2.09. The number of carbonyl (C=O) groups is 1. The van der Waals surface area contributed by atoms with Gasteiger partial charge in [-0.25, -0.2) is 0 Å². The van der Waals surface area contributed by atoms with Crippen molar-refractivity contribution < 1.29 is 4.79 Å². The summed E-state index contributed by atoms with van der Waals surface area (Å²) >= 11 is 5.96. The molecule has 0 saturated carbocycles. The third-order valence-corrected chi connectivity index (χ3v) is 2.63. The van der Waals surface area contributed by atoms with Crippen molar-refractivity contribution in [2.75, 3.05) is 0 Å². The fourth-order valence-electron chi connectivity index (χ4n) is 1.62. The van der Waals surface area contributed by atoms with Gasteiger partial charge in [0.2, 0.25) is 0 Å². The Morgan fingerprint density at radius 3 is 2.80 bits per heavy atom. The molecule has 2 rings (SSSR count). The molecule has 76 valence electrons. The smallest absolute Gasteiger partial charge is 0.162 e. The summed E-state index contributed by atoms with van der Waals surface area (Å²) in [6.07, 6.45) is 1.71. The molecule has 2 nitrogen and oxygen atoms in total. The van der Waals surface area contributed by atoms with E-state index in [0.29, 0.717) is 10.6 Å². The SMILES string of the molecule is CC(=O)c1cc(Cl)cc2c(C)ccnc12. The number of benzene rings is 1. The number of aromatic nitrogens is 1. The molecule has 0 aliphatic carbocycles. The number of pyridine rings is 1. The Morgan fingerprint density at radius 2 is 2.13 bits per heavy atom. The Labute approximate surface area is 92.9 Å². The highest BCUT2D eigenvalue weighted by molar-refractivity contribution is 6.32. The molecule has 0 spiro atoms. The lowest BCUT2D eigenvalue weighted by atomic mass is 10.0. The van der Waals surface area contributed by atoms with Crippen molar-refractivity contribution in [3.05, 3.63) is 40.5 Å². The van der Waals surface area contributed by atoms with Crippen LogP contribution in [0.5, 0.6) is 0 Å². The fraction of sp³-hybridized carbons (Fsp3) is 0.167. The zero-order chi connectivity index (χ0) is 11.0. The molecule has 0 aliphatic heterocycles. The van der Waals surface area contributed by atoms with Gasteiger partial charge in [0.1, 0.15) is 0 Å². The van der Waals surface area contributed by atoms with Crippen molar-refractivity contribution in [3.63, 3.8) is 0 Å². The van der Waals surface area contributed by atoms with E-state index < -0.39 is 0 Å². The first-order chi connectivity index (χ1) is 7.09. The number of carbonyl (C=O) groups excluding carboxylic acids is 1. The molecule has 0 N–H and O–H groups in total. The van der Waals surface area contributed by atoms with E-state index in [1.165, 1.54) is 6.92 Å². The van der Waals surface area contributed by atoms with Crippen LogP contribution < -0.4 is 0 Å². The molecule has 0 bridgehead atoms. The van der Waals surface area contributed by atoms with Crippen LogP contribution in [0.2, 0.25) is 5.02 Å². The standard InChI is InChI=1S/C12H10ClNO/c1-7-3-4-14-12-10(7)5-9(13)6-11(12)8(2)15/h3-6H,1-2H3. The lowest BCUT2D eigenvalue weighted by Crippen LogP contribution is -1.96. The Balaban J connectivity index is 2.92. The Hall–Kier alpha value is -1.41. The molecule has 0 amide bonds. The van der Waals surface area contributed by atoms with Gasteiger partial charge in [0.05, 0.1) is 5.52 Å². The minimum atomic E-state index is -0.0133. The van der Waals surface area contributed by atoms with Crippen LogP contribution in [0.1, 0.15) is 22.8 Å². The van der Waals surface area contributed by atoms with E-state index in [1.54, 1.807) is 12.3 Å². The van der Waals surface area contributed by atoms with Crippen LogP contribution in [-0.2, 0) is 0 Å². The molecule has 0 saturated heterocycles. The summed E-state index contributed by atoms with van der Waals surface area (Å²) in [5, 5.41) is 1.51. The first-order valence-corrected chi connectivity index (χ1v) is 5.03. The number of rotatable bonds is 1. The molecule has 2 aromatic rings. The number of nitrogens with zero attached hydrogens (tertiary/aromatic N) is 1.